The van der Waals surface area contributed by atoms with E-state index in [1.54, 1.807) is 12.4 Å². The third kappa shape index (κ3) is 3.57. The van der Waals surface area contributed by atoms with Crippen LogP contribution in [0.25, 0.3) is 0 Å². The van der Waals surface area contributed by atoms with E-state index in [2.05, 4.69) is 15.6 Å². The minimum Gasteiger partial charge on any atom is -0.277 e. The second kappa shape index (κ2) is 6.84. The molecule has 2 heterocycles. The standard InChI is InChI=1S/C19H19N3O3/c1-13-2-4-15(5-3-13)12-19(9-6-14-7-10-20-11-8-14)16(23)21-18(25)22-17(19)24/h2-5,7-8,10-11H,6,9,12H2,1H3,(H2,21,22,23,24,25). The number of carbonyl (C=O) groups is 3. The van der Waals surface area contributed by atoms with E-state index >= 15 is 0 Å². The molecule has 0 bridgehead atoms. The van der Waals surface area contributed by atoms with Crippen molar-refractivity contribution in [2.45, 2.75) is 26.2 Å². The van der Waals surface area contributed by atoms with E-state index in [-0.39, 0.29) is 6.42 Å². The maximum absolute atomic E-state index is 12.6. The Morgan fingerprint density at radius 1 is 0.880 bits per heavy atom. The average Bonchev–Trinajstić information content (AvgIpc) is 2.60. The number of pyridine rings is 1. The molecular formula is C19H19N3O3. The monoisotopic (exact) mass is 337 g/mol. The molecule has 0 saturated carbocycles. The fourth-order valence-electron chi connectivity index (χ4n) is 3.02. The lowest BCUT2D eigenvalue weighted by atomic mass is 9.74. The quantitative estimate of drug-likeness (QED) is 0.816. The van der Waals surface area contributed by atoms with Gasteiger partial charge in [-0.05, 0) is 49.4 Å². The first-order chi connectivity index (χ1) is 12.0. The van der Waals surface area contributed by atoms with Crippen LogP contribution in [-0.2, 0) is 22.4 Å². The van der Waals surface area contributed by atoms with Gasteiger partial charge in [0.1, 0.15) is 5.41 Å². The third-order valence-electron chi connectivity index (χ3n) is 4.54. The van der Waals surface area contributed by atoms with Gasteiger partial charge in [0.2, 0.25) is 11.8 Å². The third-order valence-corrected chi connectivity index (χ3v) is 4.54. The highest BCUT2D eigenvalue weighted by atomic mass is 16.2. The molecule has 0 radical (unpaired) electrons. The second-order valence-corrected chi connectivity index (χ2v) is 6.34. The number of aromatic nitrogens is 1. The summed E-state index contributed by atoms with van der Waals surface area (Å²) in [5.74, 6) is -1.09. The normalized spacial score (nSPS) is 16.3. The van der Waals surface area contributed by atoms with E-state index < -0.39 is 23.3 Å². The zero-order chi connectivity index (χ0) is 17.9. The average molecular weight is 337 g/mol. The smallest absolute Gasteiger partial charge is 0.277 e. The second-order valence-electron chi connectivity index (χ2n) is 6.34. The van der Waals surface area contributed by atoms with Crippen LogP contribution in [-0.4, -0.2) is 22.8 Å². The molecule has 0 unspecified atom stereocenters. The van der Waals surface area contributed by atoms with Crippen molar-refractivity contribution < 1.29 is 14.4 Å². The zero-order valence-electron chi connectivity index (χ0n) is 13.9. The fourth-order valence-corrected chi connectivity index (χ4v) is 3.02. The largest absolute Gasteiger partial charge is 0.328 e. The molecule has 1 aromatic heterocycles. The highest BCUT2D eigenvalue weighted by molar-refractivity contribution is 6.19. The topological polar surface area (TPSA) is 88.2 Å². The van der Waals surface area contributed by atoms with Crippen LogP contribution in [0.15, 0.2) is 48.8 Å². The number of nitrogens with zero attached hydrogens (tertiary/aromatic N) is 1. The number of aryl methyl sites for hydroxylation is 2. The van der Waals surface area contributed by atoms with Crippen LogP contribution in [0.2, 0.25) is 0 Å². The van der Waals surface area contributed by atoms with Crippen LogP contribution in [0, 0.1) is 12.3 Å². The molecule has 1 saturated heterocycles. The van der Waals surface area contributed by atoms with Crippen molar-refractivity contribution in [1.29, 1.82) is 0 Å². The molecule has 3 rings (SSSR count). The Balaban J connectivity index is 1.90. The van der Waals surface area contributed by atoms with Gasteiger partial charge in [0.05, 0.1) is 0 Å². The molecule has 6 heteroatoms. The summed E-state index contributed by atoms with van der Waals surface area (Å²) in [7, 11) is 0. The number of hydrogen-bond donors (Lipinski definition) is 2. The number of benzene rings is 1. The van der Waals surface area contributed by atoms with Crippen LogP contribution in [0.1, 0.15) is 23.1 Å². The van der Waals surface area contributed by atoms with Gasteiger partial charge >= 0.3 is 6.03 Å². The lowest BCUT2D eigenvalue weighted by Gasteiger charge is -2.34. The van der Waals surface area contributed by atoms with Crippen molar-refractivity contribution >= 4 is 17.8 Å². The van der Waals surface area contributed by atoms with Gasteiger partial charge in [0, 0.05) is 12.4 Å². The molecule has 2 N–H and O–H groups in total. The molecular weight excluding hydrogens is 318 g/mol. The first-order valence-electron chi connectivity index (χ1n) is 8.11. The minimum absolute atomic E-state index is 0.239. The number of carbonyl (C=O) groups excluding carboxylic acids is 3. The summed E-state index contributed by atoms with van der Waals surface area (Å²) >= 11 is 0. The number of nitrogens with one attached hydrogen (secondary N) is 2. The summed E-state index contributed by atoms with van der Waals surface area (Å²) in [6, 6.07) is 10.6. The SMILES string of the molecule is Cc1ccc(CC2(CCc3ccncc3)C(=O)NC(=O)NC2=O)cc1. The van der Waals surface area contributed by atoms with Crippen LogP contribution < -0.4 is 10.6 Å². The first-order valence-corrected chi connectivity index (χ1v) is 8.11. The van der Waals surface area contributed by atoms with Gasteiger partial charge in [-0.15, -0.1) is 0 Å². The number of hydrogen-bond acceptors (Lipinski definition) is 4. The maximum atomic E-state index is 12.6. The number of barbiturate groups is 1. The molecule has 4 amide bonds. The van der Waals surface area contributed by atoms with E-state index in [1.165, 1.54) is 0 Å². The van der Waals surface area contributed by atoms with Gasteiger partial charge in [0.15, 0.2) is 0 Å². The predicted molar refractivity (Wildman–Crippen MR) is 91.6 cm³/mol. The van der Waals surface area contributed by atoms with Crippen molar-refractivity contribution in [1.82, 2.24) is 15.6 Å². The van der Waals surface area contributed by atoms with Crippen LogP contribution in [0.4, 0.5) is 4.79 Å². The first kappa shape index (κ1) is 16.8. The Morgan fingerprint density at radius 2 is 1.48 bits per heavy atom. The zero-order valence-corrected chi connectivity index (χ0v) is 13.9. The molecule has 1 fully saturated rings. The van der Waals surface area contributed by atoms with Gasteiger partial charge < -0.3 is 0 Å². The summed E-state index contributed by atoms with van der Waals surface area (Å²) in [6.45, 7) is 1.97. The number of imide groups is 2. The fraction of sp³-hybridized carbons (Fsp3) is 0.263. The van der Waals surface area contributed by atoms with Crippen molar-refractivity contribution in [3.8, 4) is 0 Å². The Kier molecular flexibility index (Phi) is 4.61. The van der Waals surface area contributed by atoms with Gasteiger partial charge in [-0.1, -0.05) is 29.8 Å². The Hall–Kier alpha value is -3.02. The van der Waals surface area contributed by atoms with Crippen LogP contribution >= 0.6 is 0 Å². The summed E-state index contributed by atoms with van der Waals surface area (Å²) in [6.07, 6.45) is 4.42. The molecule has 1 aliphatic rings. The van der Waals surface area contributed by atoms with Gasteiger partial charge in [-0.25, -0.2) is 4.79 Å². The summed E-state index contributed by atoms with van der Waals surface area (Å²) in [5.41, 5.74) is 1.64. The van der Waals surface area contributed by atoms with Crippen molar-refractivity contribution in [2.24, 2.45) is 5.41 Å². The van der Waals surface area contributed by atoms with Crippen molar-refractivity contribution in [3.05, 3.63) is 65.5 Å². The Morgan fingerprint density at radius 3 is 2.08 bits per heavy atom. The van der Waals surface area contributed by atoms with Crippen molar-refractivity contribution in [3.63, 3.8) is 0 Å². The Bertz CT molecular complexity index is 780. The summed E-state index contributed by atoms with van der Waals surface area (Å²) < 4.78 is 0. The lowest BCUT2D eigenvalue weighted by molar-refractivity contribution is -0.144. The van der Waals surface area contributed by atoms with Gasteiger partial charge in [-0.3, -0.25) is 25.2 Å². The van der Waals surface area contributed by atoms with E-state index in [4.69, 9.17) is 0 Å². The molecule has 1 aromatic carbocycles. The summed E-state index contributed by atoms with van der Waals surface area (Å²) in [4.78, 5) is 40.7. The molecule has 0 spiro atoms. The van der Waals surface area contributed by atoms with E-state index in [0.717, 1.165) is 16.7 Å². The highest BCUT2D eigenvalue weighted by Crippen LogP contribution is 2.32. The maximum Gasteiger partial charge on any atom is 0.328 e. The van der Waals surface area contributed by atoms with Gasteiger partial charge in [-0.2, -0.15) is 0 Å². The van der Waals surface area contributed by atoms with E-state index in [9.17, 15) is 14.4 Å². The minimum atomic E-state index is -1.31. The molecule has 0 aliphatic carbocycles. The molecule has 25 heavy (non-hydrogen) atoms. The van der Waals surface area contributed by atoms with Gasteiger partial charge in [0.25, 0.3) is 0 Å². The van der Waals surface area contributed by atoms with Crippen LogP contribution in [0.5, 0.6) is 0 Å². The molecule has 2 aromatic rings. The lowest BCUT2D eigenvalue weighted by Crippen LogP contribution is -2.63. The summed E-state index contributed by atoms with van der Waals surface area (Å²) in [5, 5.41) is 4.49. The van der Waals surface area contributed by atoms with Crippen molar-refractivity contribution in [2.75, 3.05) is 0 Å². The predicted octanol–water partition coefficient (Wildman–Crippen LogP) is 1.92. The Labute approximate surface area is 145 Å². The number of amides is 4. The number of urea groups is 1. The molecule has 1 aliphatic heterocycles. The molecule has 128 valence electrons. The number of rotatable bonds is 5. The molecule has 6 nitrogen and oxygen atoms in total. The molecule has 0 atom stereocenters. The van der Waals surface area contributed by atoms with E-state index in [0.29, 0.717) is 12.8 Å². The van der Waals surface area contributed by atoms with Crippen LogP contribution in [0.3, 0.4) is 0 Å². The highest BCUT2D eigenvalue weighted by Gasteiger charge is 2.49. The van der Waals surface area contributed by atoms with E-state index in [1.807, 2.05) is 43.3 Å².